The Morgan fingerprint density at radius 1 is 0.824 bits per heavy atom. The van der Waals surface area contributed by atoms with E-state index in [4.69, 9.17) is 14.7 Å². The molecular formula is C26H31N5O2S. The third kappa shape index (κ3) is 5.93. The van der Waals surface area contributed by atoms with Gasteiger partial charge in [-0.05, 0) is 11.6 Å². The zero-order valence-corrected chi connectivity index (χ0v) is 20.3. The van der Waals surface area contributed by atoms with Gasteiger partial charge >= 0.3 is 0 Å². The first-order valence-electron chi connectivity index (χ1n) is 12.0. The summed E-state index contributed by atoms with van der Waals surface area (Å²) >= 11 is 1.53. The predicted octanol–water partition coefficient (Wildman–Crippen LogP) is 2.90. The van der Waals surface area contributed by atoms with Crippen LogP contribution in [-0.2, 0) is 22.6 Å². The number of para-hydroxylation sites is 1. The molecule has 0 unspecified atom stereocenters. The highest BCUT2D eigenvalue weighted by Crippen LogP contribution is 2.26. The molecule has 0 atom stereocenters. The van der Waals surface area contributed by atoms with Gasteiger partial charge in [0, 0.05) is 51.2 Å². The Balaban J connectivity index is 1.19. The van der Waals surface area contributed by atoms with E-state index >= 15 is 0 Å². The number of aromatic nitrogens is 2. The van der Waals surface area contributed by atoms with Crippen LogP contribution in [0.1, 0.15) is 11.4 Å². The van der Waals surface area contributed by atoms with E-state index in [-0.39, 0.29) is 5.91 Å². The molecule has 0 bridgehead atoms. The second kappa shape index (κ2) is 11.3. The minimum Gasteiger partial charge on any atom is -0.379 e. The molecule has 3 aromatic rings. The van der Waals surface area contributed by atoms with Crippen LogP contribution in [0.5, 0.6) is 0 Å². The van der Waals surface area contributed by atoms with Crippen LogP contribution >= 0.6 is 11.8 Å². The molecule has 5 rings (SSSR count). The van der Waals surface area contributed by atoms with Crippen molar-refractivity contribution in [2.45, 2.75) is 18.1 Å². The molecule has 0 saturated carbocycles. The third-order valence-corrected chi connectivity index (χ3v) is 7.37. The van der Waals surface area contributed by atoms with Crippen molar-refractivity contribution in [2.24, 2.45) is 0 Å². The summed E-state index contributed by atoms with van der Waals surface area (Å²) in [5.41, 5.74) is 2.26. The fraction of sp³-hybridized carbons (Fsp3) is 0.423. The van der Waals surface area contributed by atoms with Gasteiger partial charge in [0.2, 0.25) is 5.91 Å². The highest BCUT2D eigenvalue weighted by atomic mass is 32.2. The standard InChI is InChI=1S/C26H31N5O2S/c32-25(31-12-10-29(11-13-31)18-21-6-2-1-3-7-21)20-34-26-22-8-4-5-9-23(22)27-24(28-26)19-30-14-16-33-17-15-30/h1-9H,10-20H2. The first kappa shape index (κ1) is 23.2. The molecule has 178 valence electrons. The van der Waals surface area contributed by atoms with E-state index in [2.05, 4.69) is 34.1 Å². The van der Waals surface area contributed by atoms with Gasteiger partial charge in [-0.2, -0.15) is 0 Å². The lowest BCUT2D eigenvalue weighted by Gasteiger charge is -2.34. The van der Waals surface area contributed by atoms with Crippen molar-refractivity contribution < 1.29 is 9.53 Å². The zero-order valence-electron chi connectivity index (χ0n) is 19.4. The fourth-order valence-corrected chi connectivity index (χ4v) is 5.39. The van der Waals surface area contributed by atoms with Crippen molar-refractivity contribution in [3.63, 3.8) is 0 Å². The van der Waals surface area contributed by atoms with Gasteiger partial charge in [0.15, 0.2) is 0 Å². The molecule has 1 amide bonds. The average Bonchev–Trinajstić information content (AvgIpc) is 2.89. The maximum Gasteiger partial charge on any atom is 0.233 e. The summed E-state index contributed by atoms with van der Waals surface area (Å²) in [4.78, 5) is 29.4. The van der Waals surface area contributed by atoms with E-state index in [1.165, 1.54) is 17.3 Å². The number of benzene rings is 2. The smallest absolute Gasteiger partial charge is 0.233 e. The quantitative estimate of drug-likeness (QED) is 0.383. The number of hydrogen-bond donors (Lipinski definition) is 0. The van der Waals surface area contributed by atoms with Crippen LogP contribution in [0.4, 0.5) is 0 Å². The predicted molar refractivity (Wildman–Crippen MR) is 135 cm³/mol. The lowest BCUT2D eigenvalue weighted by atomic mass is 10.2. The number of nitrogens with zero attached hydrogens (tertiary/aromatic N) is 5. The van der Waals surface area contributed by atoms with E-state index in [0.717, 1.165) is 80.8 Å². The second-order valence-electron chi connectivity index (χ2n) is 8.78. The van der Waals surface area contributed by atoms with Crippen molar-refractivity contribution in [2.75, 3.05) is 58.2 Å². The largest absolute Gasteiger partial charge is 0.379 e. The van der Waals surface area contributed by atoms with E-state index in [9.17, 15) is 4.79 Å². The second-order valence-corrected chi connectivity index (χ2v) is 9.75. The number of thioether (sulfide) groups is 1. The van der Waals surface area contributed by atoms with Gasteiger partial charge in [-0.3, -0.25) is 14.6 Å². The number of fused-ring (bicyclic) bond motifs is 1. The van der Waals surface area contributed by atoms with Crippen LogP contribution < -0.4 is 0 Å². The molecule has 1 aromatic heterocycles. The molecule has 2 saturated heterocycles. The number of hydrogen-bond acceptors (Lipinski definition) is 7. The van der Waals surface area contributed by atoms with Crippen molar-refractivity contribution in [3.05, 3.63) is 66.0 Å². The van der Waals surface area contributed by atoms with Crippen LogP contribution in [0.25, 0.3) is 10.9 Å². The highest BCUT2D eigenvalue weighted by Gasteiger charge is 2.22. The van der Waals surface area contributed by atoms with Crippen molar-refractivity contribution in [3.8, 4) is 0 Å². The Morgan fingerprint density at radius 3 is 2.32 bits per heavy atom. The SMILES string of the molecule is O=C(CSc1nc(CN2CCOCC2)nc2ccccc12)N1CCN(Cc2ccccc2)CC1. The van der Waals surface area contributed by atoms with Crippen molar-refractivity contribution in [1.29, 1.82) is 0 Å². The van der Waals surface area contributed by atoms with E-state index in [1.807, 2.05) is 35.2 Å². The molecule has 0 N–H and O–H groups in total. The molecule has 0 aliphatic carbocycles. The molecule has 2 aromatic carbocycles. The van der Waals surface area contributed by atoms with Gasteiger partial charge in [0.1, 0.15) is 10.9 Å². The topological polar surface area (TPSA) is 61.8 Å². The average molecular weight is 478 g/mol. The Labute approximate surface area is 205 Å². The van der Waals surface area contributed by atoms with Crippen LogP contribution in [0.2, 0.25) is 0 Å². The van der Waals surface area contributed by atoms with Crippen LogP contribution in [0.3, 0.4) is 0 Å². The zero-order chi connectivity index (χ0) is 23.2. The van der Waals surface area contributed by atoms with Crippen molar-refractivity contribution >= 4 is 28.6 Å². The number of piperazine rings is 1. The number of morpholine rings is 1. The van der Waals surface area contributed by atoms with Crippen LogP contribution in [0, 0.1) is 0 Å². The fourth-order valence-electron chi connectivity index (χ4n) is 4.45. The maximum absolute atomic E-state index is 13.0. The van der Waals surface area contributed by atoms with E-state index in [1.54, 1.807) is 0 Å². The van der Waals surface area contributed by atoms with Crippen molar-refractivity contribution in [1.82, 2.24) is 24.7 Å². The summed E-state index contributed by atoms with van der Waals surface area (Å²) < 4.78 is 5.46. The lowest BCUT2D eigenvalue weighted by Crippen LogP contribution is -2.48. The highest BCUT2D eigenvalue weighted by molar-refractivity contribution is 8.00. The third-order valence-electron chi connectivity index (χ3n) is 6.39. The number of amides is 1. The van der Waals surface area contributed by atoms with Crippen LogP contribution in [0.15, 0.2) is 59.6 Å². The van der Waals surface area contributed by atoms with E-state index < -0.39 is 0 Å². The number of carbonyl (C=O) groups excluding carboxylic acids is 1. The van der Waals surface area contributed by atoms with Gasteiger partial charge < -0.3 is 9.64 Å². The number of rotatable bonds is 7. The Morgan fingerprint density at radius 2 is 1.53 bits per heavy atom. The molecular weight excluding hydrogens is 446 g/mol. The summed E-state index contributed by atoms with van der Waals surface area (Å²) in [7, 11) is 0. The van der Waals surface area contributed by atoms with Gasteiger partial charge in [-0.15, -0.1) is 0 Å². The van der Waals surface area contributed by atoms with Gasteiger partial charge in [-0.1, -0.05) is 60.3 Å². The molecule has 0 spiro atoms. The summed E-state index contributed by atoms with van der Waals surface area (Å²) in [5.74, 6) is 1.39. The Hall–Kier alpha value is -2.52. The summed E-state index contributed by atoms with van der Waals surface area (Å²) in [6.45, 7) is 8.32. The van der Waals surface area contributed by atoms with Gasteiger partial charge in [-0.25, -0.2) is 9.97 Å². The summed E-state index contributed by atoms with van der Waals surface area (Å²) in [6, 6.07) is 18.6. The molecule has 7 nitrogen and oxygen atoms in total. The lowest BCUT2D eigenvalue weighted by molar-refractivity contribution is -0.130. The maximum atomic E-state index is 13.0. The summed E-state index contributed by atoms with van der Waals surface area (Å²) in [6.07, 6.45) is 0. The first-order valence-corrected chi connectivity index (χ1v) is 13.0. The molecule has 34 heavy (non-hydrogen) atoms. The molecule has 2 aliphatic heterocycles. The molecule has 2 aliphatic rings. The van der Waals surface area contributed by atoms with Gasteiger partial charge in [0.25, 0.3) is 0 Å². The minimum absolute atomic E-state index is 0.182. The number of carbonyl (C=O) groups is 1. The van der Waals surface area contributed by atoms with Crippen LogP contribution in [-0.4, -0.2) is 88.8 Å². The summed E-state index contributed by atoms with van der Waals surface area (Å²) in [5, 5.41) is 1.91. The first-order chi connectivity index (χ1) is 16.7. The molecule has 0 radical (unpaired) electrons. The van der Waals surface area contributed by atoms with E-state index in [0.29, 0.717) is 12.3 Å². The molecule has 2 fully saturated rings. The Kier molecular flexibility index (Phi) is 7.70. The Bertz CT molecular complexity index is 1100. The van der Waals surface area contributed by atoms with Gasteiger partial charge in [0.05, 0.1) is 31.0 Å². The monoisotopic (exact) mass is 477 g/mol. The molecule has 3 heterocycles. The number of ether oxygens (including phenoxy) is 1. The minimum atomic E-state index is 0.182. The normalized spacial score (nSPS) is 17.8. The molecule has 8 heteroatoms.